The molecule has 3 N–H and O–H groups in total. The molecule has 8 heteroatoms. The molecule has 1 aromatic heterocycles. The highest BCUT2D eigenvalue weighted by Crippen LogP contribution is 2.40. The van der Waals surface area contributed by atoms with Gasteiger partial charge in [-0.25, -0.2) is 4.98 Å². The first-order chi connectivity index (χ1) is 9.85. The summed E-state index contributed by atoms with van der Waals surface area (Å²) >= 11 is 0. The Balaban J connectivity index is 1.92. The Labute approximate surface area is 119 Å². The van der Waals surface area contributed by atoms with Gasteiger partial charge in [-0.1, -0.05) is 6.42 Å². The number of ether oxygens (including phenoxy) is 1. The summed E-state index contributed by atoms with van der Waals surface area (Å²) in [6.45, 7) is -1.12. The highest BCUT2D eigenvalue weighted by atomic mass is 19.4. The van der Waals surface area contributed by atoms with Gasteiger partial charge in [0.15, 0.2) is 6.61 Å². The number of aromatic nitrogens is 1. The first-order valence-corrected chi connectivity index (χ1v) is 6.52. The third-order valence-electron chi connectivity index (χ3n) is 3.56. The van der Waals surface area contributed by atoms with Crippen molar-refractivity contribution in [2.75, 3.05) is 18.5 Å². The van der Waals surface area contributed by atoms with Crippen molar-refractivity contribution in [1.29, 1.82) is 0 Å². The van der Waals surface area contributed by atoms with E-state index in [1.54, 1.807) is 0 Å². The lowest BCUT2D eigenvalue weighted by Crippen LogP contribution is -2.47. The minimum Gasteiger partial charge on any atom is -0.468 e. The molecule has 1 amide bonds. The monoisotopic (exact) mass is 303 g/mol. The van der Waals surface area contributed by atoms with E-state index in [1.807, 2.05) is 0 Å². The highest BCUT2D eigenvalue weighted by molar-refractivity contribution is 5.96. The summed E-state index contributed by atoms with van der Waals surface area (Å²) in [5.74, 6) is -0.329. The molecule has 0 atom stereocenters. The number of hydrogen-bond acceptors (Lipinski definition) is 4. The number of alkyl halides is 3. The second-order valence-corrected chi connectivity index (χ2v) is 5.08. The van der Waals surface area contributed by atoms with Crippen molar-refractivity contribution < 1.29 is 22.7 Å². The van der Waals surface area contributed by atoms with Crippen molar-refractivity contribution in [2.24, 2.45) is 11.1 Å². The van der Waals surface area contributed by atoms with Crippen LogP contribution in [0.25, 0.3) is 0 Å². The average molecular weight is 303 g/mol. The number of rotatable bonds is 5. The van der Waals surface area contributed by atoms with Crippen molar-refractivity contribution >= 4 is 11.6 Å². The van der Waals surface area contributed by atoms with Crippen LogP contribution in [0, 0.1) is 5.41 Å². The Bertz CT molecular complexity index is 493. The predicted octanol–water partition coefficient (Wildman–Crippen LogP) is 2.09. The van der Waals surface area contributed by atoms with E-state index in [9.17, 15) is 18.0 Å². The summed E-state index contributed by atoms with van der Waals surface area (Å²) in [7, 11) is 0. The number of anilines is 1. The van der Waals surface area contributed by atoms with E-state index in [4.69, 9.17) is 5.73 Å². The Morgan fingerprint density at radius 2 is 2.14 bits per heavy atom. The maximum absolute atomic E-state index is 12.1. The number of halogens is 3. The molecule has 0 spiro atoms. The SMILES string of the molecule is NCC1(C(=O)Nc2ccc(OCC(F)(F)F)nc2)CCC1. The van der Waals surface area contributed by atoms with Crippen LogP contribution >= 0.6 is 0 Å². The fraction of sp³-hybridized carbons (Fsp3) is 0.538. The van der Waals surface area contributed by atoms with Gasteiger partial charge in [-0.15, -0.1) is 0 Å². The Morgan fingerprint density at radius 1 is 1.43 bits per heavy atom. The van der Waals surface area contributed by atoms with Crippen molar-refractivity contribution in [2.45, 2.75) is 25.4 Å². The largest absolute Gasteiger partial charge is 0.468 e. The second kappa shape index (κ2) is 5.88. The van der Waals surface area contributed by atoms with Crippen molar-refractivity contribution in [3.63, 3.8) is 0 Å². The van der Waals surface area contributed by atoms with Crippen LogP contribution in [-0.2, 0) is 4.79 Å². The van der Waals surface area contributed by atoms with Gasteiger partial charge in [0.2, 0.25) is 11.8 Å². The highest BCUT2D eigenvalue weighted by Gasteiger charge is 2.42. The molecule has 1 saturated carbocycles. The molecule has 1 aliphatic carbocycles. The molecule has 1 heterocycles. The number of nitrogens with zero attached hydrogens (tertiary/aromatic N) is 1. The molecule has 1 aromatic rings. The van der Waals surface area contributed by atoms with Crippen LogP contribution in [-0.4, -0.2) is 30.2 Å². The quantitative estimate of drug-likeness (QED) is 0.873. The minimum absolute atomic E-state index is 0.150. The van der Waals surface area contributed by atoms with Crippen LogP contribution in [0.1, 0.15) is 19.3 Å². The minimum atomic E-state index is -4.41. The molecule has 0 saturated heterocycles. The van der Waals surface area contributed by atoms with Crippen molar-refractivity contribution in [1.82, 2.24) is 4.98 Å². The Kier molecular flexibility index (Phi) is 4.36. The maximum atomic E-state index is 12.1. The number of carbonyl (C=O) groups excluding carboxylic acids is 1. The van der Waals surface area contributed by atoms with Gasteiger partial charge in [-0.3, -0.25) is 4.79 Å². The molecular formula is C13H16F3N3O2. The number of carbonyl (C=O) groups is 1. The molecule has 5 nitrogen and oxygen atoms in total. The van der Waals surface area contributed by atoms with Gasteiger partial charge in [0.25, 0.3) is 0 Å². The zero-order chi connectivity index (χ0) is 15.5. The summed E-state index contributed by atoms with van der Waals surface area (Å²) in [5.41, 5.74) is 5.50. The van der Waals surface area contributed by atoms with Gasteiger partial charge in [0, 0.05) is 12.6 Å². The lowest BCUT2D eigenvalue weighted by atomic mass is 9.68. The zero-order valence-corrected chi connectivity index (χ0v) is 11.2. The third kappa shape index (κ3) is 3.84. The van der Waals surface area contributed by atoms with Gasteiger partial charge in [-0.2, -0.15) is 13.2 Å². The summed E-state index contributed by atoms with van der Waals surface area (Å²) in [6, 6.07) is 2.72. The first kappa shape index (κ1) is 15.6. The smallest absolute Gasteiger partial charge is 0.422 e. The number of pyridine rings is 1. The normalized spacial score (nSPS) is 17.0. The van der Waals surface area contributed by atoms with Crippen LogP contribution in [0.15, 0.2) is 18.3 Å². The van der Waals surface area contributed by atoms with Gasteiger partial charge >= 0.3 is 6.18 Å². The number of amides is 1. The van der Waals surface area contributed by atoms with Crippen molar-refractivity contribution in [3.05, 3.63) is 18.3 Å². The number of nitrogens with one attached hydrogen (secondary N) is 1. The van der Waals surface area contributed by atoms with Gasteiger partial charge in [0.1, 0.15) is 0 Å². The third-order valence-corrected chi connectivity index (χ3v) is 3.56. The van der Waals surface area contributed by atoms with E-state index in [0.29, 0.717) is 5.69 Å². The fourth-order valence-corrected chi connectivity index (χ4v) is 2.09. The molecule has 2 rings (SSSR count). The summed E-state index contributed by atoms with van der Waals surface area (Å²) in [5, 5.41) is 2.68. The molecular weight excluding hydrogens is 287 g/mol. The van der Waals surface area contributed by atoms with E-state index >= 15 is 0 Å². The number of hydrogen-bond donors (Lipinski definition) is 2. The maximum Gasteiger partial charge on any atom is 0.422 e. The van der Waals surface area contributed by atoms with Crippen molar-refractivity contribution in [3.8, 4) is 5.88 Å². The molecule has 0 aromatic carbocycles. The van der Waals surface area contributed by atoms with Crippen LogP contribution < -0.4 is 15.8 Å². The molecule has 21 heavy (non-hydrogen) atoms. The molecule has 1 aliphatic rings. The lowest BCUT2D eigenvalue weighted by molar-refractivity contribution is -0.154. The zero-order valence-electron chi connectivity index (χ0n) is 11.2. The fourth-order valence-electron chi connectivity index (χ4n) is 2.09. The van der Waals surface area contributed by atoms with E-state index in [1.165, 1.54) is 18.3 Å². The molecule has 0 radical (unpaired) electrons. The van der Waals surface area contributed by atoms with Gasteiger partial charge in [-0.05, 0) is 18.9 Å². The van der Waals surface area contributed by atoms with Gasteiger partial charge < -0.3 is 15.8 Å². The Hall–Kier alpha value is -1.83. The van der Waals surface area contributed by atoms with Gasteiger partial charge in [0.05, 0.1) is 17.3 Å². The van der Waals surface area contributed by atoms with E-state index in [2.05, 4.69) is 15.0 Å². The summed E-state index contributed by atoms with van der Waals surface area (Å²) in [6.07, 6.45) is -0.697. The lowest BCUT2D eigenvalue weighted by Gasteiger charge is -2.38. The Morgan fingerprint density at radius 3 is 2.57 bits per heavy atom. The molecule has 1 fully saturated rings. The molecule has 0 unspecified atom stereocenters. The second-order valence-electron chi connectivity index (χ2n) is 5.08. The van der Waals surface area contributed by atoms with E-state index in [0.717, 1.165) is 19.3 Å². The average Bonchev–Trinajstić information content (AvgIpc) is 2.36. The molecule has 116 valence electrons. The molecule has 0 bridgehead atoms. The van der Waals surface area contributed by atoms with E-state index in [-0.39, 0.29) is 18.3 Å². The van der Waals surface area contributed by atoms with Crippen LogP contribution in [0.5, 0.6) is 5.88 Å². The summed E-state index contributed by atoms with van der Waals surface area (Å²) in [4.78, 5) is 15.8. The van der Waals surface area contributed by atoms with E-state index < -0.39 is 18.2 Å². The summed E-state index contributed by atoms with van der Waals surface area (Å²) < 4.78 is 40.4. The van der Waals surface area contributed by atoms with Crippen LogP contribution in [0.2, 0.25) is 0 Å². The standard InChI is InChI=1S/C13H16F3N3O2/c14-13(15,16)8-21-10-3-2-9(6-18-10)19-11(20)12(7-17)4-1-5-12/h2-3,6H,1,4-5,7-8,17H2,(H,19,20). The topological polar surface area (TPSA) is 77.2 Å². The first-order valence-electron chi connectivity index (χ1n) is 6.52. The molecule has 0 aliphatic heterocycles. The van der Waals surface area contributed by atoms with Crippen LogP contribution in [0.4, 0.5) is 18.9 Å². The predicted molar refractivity (Wildman–Crippen MR) is 69.8 cm³/mol. The number of nitrogens with two attached hydrogens (primary N) is 1. The van der Waals surface area contributed by atoms with Crippen LogP contribution in [0.3, 0.4) is 0 Å².